The highest BCUT2D eigenvalue weighted by Crippen LogP contribution is 2.03. The van der Waals surface area contributed by atoms with Crippen molar-refractivity contribution in [1.29, 1.82) is 0 Å². The minimum atomic E-state index is -1.33. The van der Waals surface area contributed by atoms with Crippen LogP contribution in [-0.4, -0.2) is 41.1 Å². The monoisotopic (exact) mass is 229 g/mol. The van der Waals surface area contributed by atoms with Crippen LogP contribution in [0, 0.1) is 0 Å². The molecular formula is C9H15N3O4. The molecule has 1 rings (SSSR count). The predicted molar refractivity (Wildman–Crippen MR) is 54.8 cm³/mol. The summed E-state index contributed by atoms with van der Waals surface area (Å²) in [5, 5.41) is 16.2. The number of hydrogen-bond acceptors (Lipinski definition) is 3. The lowest BCUT2D eigenvalue weighted by Crippen LogP contribution is -2.55. The lowest BCUT2D eigenvalue weighted by molar-refractivity contribution is -0.142. The predicted octanol–water partition coefficient (Wildman–Crippen LogP) is -0.963. The fourth-order valence-electron chi connectivity index (χ4n) is 1.27. The van der Waals surface area contributed by atoms with Gasteiger partial charge >= 0.3 is 12.0 Å². The molecule has 7 heteroatoms. The summed E-state index contributed by atoms with van der Waals surface area (Å²) in [5.74, 6) is -1.24. The molecule has 0 aromatic carbocycles. The van der Waals surface area contributed by atoms with E-state index in [1.165, 1.54) is 13.8 Å². The largest absolute Gasteiger partial charge is 0.480 e. The molecule has 16 heavy (non-hydrogen) atoms. The van der Waals surface area contributed by atoms with Gasteiger partial charge in [-0.1, -0.05) is 0 Å². The first-order chi connectivity index (χ1) is 7.31. The summed E-state index contributed by atoms with van der Waals surface area (Å²) in [5.41, 5.74) is -1.33. The third kappa shape index (κ3) is 3.11. The van der Waals surface area contributed by atoms with E-state index in [9.17, 15) is 14.4 Å². The summed E-state index contributed by atoms with van der Waals surface area (Å²) in [6.07, 6.45) is 0.223. The molecule has 0 aromatic heterocycles. The van der Waals surface area contributed by atoms with Crippen LogP contribution in [0.1, 0.15) is 20.3 Å². The first-order valence-corrected chi connectivity index (χ1v) is 4.90. The van der Waals surface area contributed by atoms with Gasteiger partial charge in [-0.2, -0.15) is 0 Å². The second kappa shape index (κ2) is 4.38. The minimum Gasteiger partial charge on any atom is -0.480 e. The SMILES string of the molecule is CC(C)(NC(=O)NC1CNC(=O)C1)C(=O)O. The van der Waals surface area contributed by atoms with Crippen molar-refractivity contribution in [2.24, 2.45) is 0 Å². The van der Waals surface area contributed by atoms with E-state index < -0.39 is 17.5 Å². The van der Waals surface area contributed by atoms with Crippen molar-refractivity contribution in [2.75, 3.05) is 6.54 Å². The van der Waals surface area contributed by atoms with Crippen LogP contribution in [0.2, 0.25) is 0 Å². The smallest absolute Gasteiger partial charge is 0.328 e. The number of amides is 3. The van der Waals surface area contributed by atoms with Crippen LogP contribution >= 0.6 is 0 Å². The standard InChI is InChI=1S/C9H15N3O4/c1-9(2,7(14)15)12-8(16)11-5-3-6(13)10-4-5/h5H,3-4H2,1-2H3,(H,10,13)(H,14,15)(H2,11,12,16). The Morgan fingerprint density at radius 2 is 2.12 bits per heavy atom. The van der Waals surface area contributed by atoms with E-state index in [2.05, 4.69) is 16.0 Å². The van der Waals surface area contributed by atoms with Gasteiger partial charge in [-0.15, -0.1) is 0 Å². The number of rotatable bonds is 3. The third-order valence-electron chi connectivity index (χ3n) is 2.27. The Morgan fingerprint density at radius 1 is 1.50 bits per heavy atom. The third-order valence-corrected chi connectivity index (χ3v) is 2.27. The maximum atomic E-state index is 11.4. The van der Waals surface area contributed by atoms with E-state index in [1.54, 1.807) is 0 Å². The fraction of sp³-hybridized carbons (Fsp3) is 0.667. The van der Waals surface area contributed by atoms with Crippen molar-refractivity contribution in [2.45, 2.75) is 31.8 Å². The molecule has 0 bridgehead atoms. The van der Waals surface area contributed by atoms with Crippen molar-refractivity contribution < 1.29 is 19.5 Å². The maximum absolute atomic E-state index is 11.4. The molecule has 3 amide bonds. The summed E-state index contributed by atoms with van der Waals surface area (Å²) in [7, 11) is 0. The van der Waals surface area contributed by atoms with E-state index in [0.29, 0.717) is 6.54 Å². The summed E-state index contributed by atoms with van der Waals surface area (Å²) in [6, 6.07) is -0.869. The second-order valence-corrected chi connectivity index (χ2v) is 4.23. The van der Waals surface area contributed by atoms with Gasteiger partial charge in [-0.25, -0.2) is 9.59 Å². The van der Waals surface area contributed by atoms with Gasteiger partial charge in [0.25, 0.3) is 0 Å². The molecule has 1 atom stereocenters. The van der Waals surface area contributed by atoms with Crippen LogP contribution in [0.4, 0.5) is 4.79 Å². The molecule has 1 fully saturated rings. The van der Waals surface area contributed by atoms with Crippen LogP contribution in [0.5, 0.6) is 0 Å². The van der Waals surface area contributed by atoms with Crippen molar-refractivity contribution in [3.05, 3.63) is 0 Å². The summed E-state index contributed by atoms with van der Waals surface area (Å²) in [4.78, 5) is 33.0. The van der Waals surface area contributed by atoms with Crippen LogP contribution in [0.25, 0.3) is 0 Å². The molecule has 1 heterocycles. The zero-order valence-electron chi connectivity index (χ0n) is 9.16. The Hall–Kier alpha value is -1.79. The lowest BCUT2D eigenvalue weighted by Gasteiger charge is -2.22. The highest BCUT2D eigenvalue weighted by atomic mass is 16.4. The van der Waals surface area contributed by atoms with Crippen molar-refractivity contribution in [3.63, 3.8) is 0 Å². The number of nitrogens with one attached hydrogen (secondary N) is 3. The average Bonchev–Trinajstić information content (AvgIpc) is 2.49. The van der Waals surface area contributed by atoms with Gasteiger partial charge in [0.05, 0.1) is 6.04 Å². The molecule has 1 saturated heterocycles. The van der Waals surface area contributed by atoms with Gasteiger partial charge < -0.3 is 21.1 Å². The number of carbonyl (C=O) groups is 3. The topological polar surface area (TPSA) is 108 Å². The number of aliphatic carboxylic acids is 1. The van der Waals surface area contributed by atoms with E-state index in [-0.39, 0.29) is 18.4 Å². The molecule has 7 nitrogen and oxygen atoms in total. The summed E-state index contributed by atoms with van der Waals surface area (Å²) >= 11 is 0. The van der Waals surface area contributed by atoms with Crippen LogP contribution < -0.4 is 16.0 Å². The van der Waals surface area contributed by atoms with E-state index in [1.807, 2.05) is 0 Å². The Bertz CT molecular complexity index is 327. The number of carbonyl (C=O) groups excluding carboxylic acids is 2. The first kappa shape index (κ1) is 12.3. The van der Waals surface area contributed by atoms with Crippen molar-refractivity contribution >= 4 is 17.9 Å². The number of urea groups is 1. The summed E-state index contributed by atoms with van der Waals surface area (Å²) in [6.45, 7) is 3.14. The van der Waals surface area contributed by atoms with Gasteiger partial charge in [0, 0.05) is 13.0 Å². The van der Waals surface area contributed by atoms with E-state index in [4.69, 9.17) is 5.11 Å². The van der Waals surface area contributed by atoms with Gasteiger partial charge in [-0.05, 0) is 13.8 Å². The molecule has 1 aliphatic rings. The molecule has 1 aliphatic heterocycles. The minimum absolute atomic E-state index is 0.122. The van der Waals surface area contributed by atoms with Crippen LogP contribution in [-0.2, 0) is 9.59 Å². The molecular weight excluding hydrogens is 214 g/mol. The average molecular weight is 229 g/mol. The molecule has 0 aromatic rings. The fourth-order valence-corrected chi connectivity index (χ4v) is 1.27. The highest BCUT2D eigenvalue weighted by Gasteiger charge is 2.30. The Morgan fingerprint density at radius 3 is 2.56 bits per heavy atom. The van der Waals surface area contributed by atoms with E-state index >= 15 is 0 Å². The number of carboxylic acid groups (broad SMARTS) is 1. The molecule has 0 saturated carbocycles. The molecule has 4 N–H and O–H groups in total. The van der Waals surface area contributed by atoms with Gasteiger partial charge in [0.15, 0.2) is 0 Å². The summed E-state index contributed by atoms with van der Waals surface area (Å²) < 4.78 is 0. The lowest BCUT2D eigenvalue weighted by atomic mass is 10.1. The normalized spacial score (nSPS) is 20.1. The van der Waals surface area contributed by atoms with Crippen molar-refractivity contribution in [1.82, 2.24) is 16.0 Å². The Balaban J connectivity index is 2.42. The number of hydrogen-bond donors (Lipinski definition) is 4. The van der Waals surface area contributed by atoms with Gasteiger partial charge in [0.1, 0.15) is 5.54 Å². The van der Waals surface area contributed by atoms with Gasteiger partial charge in [0.2, 0.25) is 5.91 Å². The van der Waals surface area contributed by atoms with Crippen LogP contribution in [0.3, 0.4) is 0 Å². The quantitative estimate of drug-likeness (QED) is 0.499. The molecule has 0 radical (unpaired) electrons. The molecule has 90 valence electrons. The number of carboxylic acids is 1. The van der Waals surface area contributed by atoms with Crippen LogP contribution in [0.15, 0.2) is 0 Å². The Labute approximate surface area is 92.6 Å². The molecule has 0 aliphatic carbocycles. The first-order valence-electron chi connectivity index (χ1n) is 4.90. The van der Waals surface area contributed by atoms with E-state index in [0.717, 1.165) is 0 Å². The molecule has 0 spiro atoms. The molecule has 1 unspecified atom stereocenters. The zero-order valence-corrected chi connectivity index (χ0v) is 9.16. The van der Waals surface area contributed by atoms with Crippen molar-refractivity contribution in [3.8, 4) is 0 Å². The second-order valence-electron chi connectivity index (χ2n) is 4.23. The zero-order chi connectivity index (χ0) is 12.3. The highest BCUT2D eigenvalue weighted by molar-refractivity contribution is 5.86. The Kier molecular flexibility index (Phi) is 3.36. The maximum Gasteiger partial charge on any atom is 0.328 e. The van der Waals surface area contributed by atoms with Gasteiger partial charge in [-0.3, -0.25) is 4.79 Å².